The lowest BCUT2D eigenvalue weighted by molar-refractivity contribution is 0.156. The van der Waals surface area contributed by atoms with Gasteiger partial charge in [-0.3, -0.25) is 0 Å². The summed E-state index contributed by atoms with van der Waals surface area (Å²) in [6.45, 7) is 3.96. The van der Waals surface area contributed by atoms with E-state index < -0.39 is 0 Å². The van der Waals surface area contributed by atoms with Crippen LogP contribution in [0.3, 0.4) is 0 Å². The number of carbonyl (C=O) groups excluding carboxylic acids is 1. The number of nitrogens with zero attached hydrogens (tertiary/aromatic N) is 1. The Hall–Kier alpha value is -0.770. The molecule has 2 N–H and O–H groups in total. The lowest BCUT2D eigenvalue weighted by Crippen LogP contribution is -2.50. The Balaban J connectivity index is 1.85. The predicted molar refractivity (Wildman–Crippen MR) is 57.6 cm³/mol. The van der Waals surface area contributed by atoms with Crippen molar-refractivity contribution in [2.24, 2.45) is 5.92 Å². The Morgan fingerprint density at radius 2 is 2.33 bits per heavy atom. The van der Waals surface area contributed by atoms with Gasteiger partial charge < -0.3 is 15.3 Å². The first kappa shape index (κ1) is 10.7. The summed E-state index contributed by atoms with van der Waals surface area (Å²) in [6, 6.07) is 0.00750. The molecule has 1 unspecified atom stereocenters. The van der Waals surface area contributed by atoms with Crippen LogP contribution in [0.5, 0.6) is 0 Å². The molecule has 15 heavy (non-hydrogen) atoms. The number of urea groups is 1. The van der Waals surface area contributed by atoms with Gasteiger partial charge in [0.2, 0.25) is 0 Å². The molecule has 4 nitrogen and oxygen atoms in total. The molecule has 86 valence electrons. The molecule has 4 heteroatoms. The molecule has 0 aromatic carbocycles. The number of rotatable bonds is 2. The summed E-state index contributed by atoms with van der Waals surface area (Å²) < 4.78 is 0. The van der Waals surface area contributed by atoms with Crippen LogP contribution >= 0.6 is 0 Å². The lowest BCUT2D eigenvalue weighted by atomic mass is 10.0. The Morgan fingerprint density at radius 3 is 2.87 bits per heavy atom. The highest BCUT2D eigenvalue weighted by molar-refractivity contribution is 5.75. The maximum absolute atomic E-state index is 11.9. The monoisotopic (exact) mass is 212 g/mol. The van der Waals surface area contributed by atoms with Crippen LogP contribution in [0.4, 0.5) is 4.79 Å². The van der Waals surface area contributed by atoms with Crippen LogP contribution in [0.25, 0.3) is 0 Å². The fourth-order valence-electron chi connectivity index (χ4n) is 2.15. The third kappa shape index (κ3) is 2.43. The fourth-order valence-corrected chi connectivity index (χ4v) is 2.15. The zero-order valence-corrected chi connectivity index (χ0v) is 9.33. The van der Waals surface area contributed by atoms with Crippen molar-refractivity contribution < 1.29 is 9.90 Å². The van der Waals surface area contributed by atoms with Gasteiger partial charge in [-0.2, -0.15) is 0 Å². The molecule has 0 bridgehead atoms. The van der Waals surface area contributed by atoms with E-state index in [-0.39, 0.29) is 18.2 Å². The third-order valence-electron chi connectivity index (χ3n) is 3.47. The Labute approximate surface area is 90.6 Å². The quantitative estimate of drug-likeness (QED) is 0.716. The van der Waals surface area contributed by atoms with Gasteiger partial charge in [0.25, 0.3) is 0 Å². The smallest absolute Gasteiger partial charge is 0.317 e. The SMILES string of the molecule is CC1CCCN(C(=O)NC2(CO)CC2)C1. The summed E-state index contributed by atoms with van der Waals surface area (Å²) in [6.07, 6.45) is 4.15. The molecule has 2 rings (SSSR count). The van der Waals surface area contributed by atoms with Crippen LogP contribution in [-0.2, 0) is 0 Å². The van der Waals surface area contributed by atoms with Crippen molar-refractivity contribution in [2.75, 3.05) is 19.7 Å². The minimum absolute atomic E-state index is 0.00750. The second-order valence-electron chi connectivity index (χ2n) is 5.06. The van der Waals surface area contributed by atoms with Crippen molar-refractivity contribution in [3.63, 3.8) is 0 Å². The van der Waals surface area contributed by atoms with Crippen molar-refractivity contribution in [3.05, 3.63) is 0 Å². The van der Waals surface area contributed by atoms with Gasteiger partial charge in [0.1, 0.15) is 0 Å². The molecule has 1 aliphatic carbocycles. The second kappa shape index (κ2) is 4.00. The van der Waals surface area contributed by atoms with E-state index in [9.17, 15) is 4.79 Å². The first-order valence-electron chi connectivity index (χ1n) is 5.83. The number of amides is 2. The summed E-state index contributed by atoms with van der Waals surface area (Å²) in [5.41, 5.74) is -0.280. The van der Waals surface area contributed by atoms with Crippen molar-refractivity contribution in [1.82, 2.24) is 10.2 Å². The number of likely N-dealkylation sites (tertiary alicyclic amines) is 1. The summed E-state index contributed by atoms with van der Waals surface area (Å²) >= 11 is 0. The fraction of sp³-hybridized carbons (Fsp3) is 0.909. The van der Waals surface area contributed by atoms with E-state index in [1.165, 1.54) is 6.42 Å². The van der Waals surface area contributed by atoms with Gasteiger partial charge in [0.15, 0.2) is 0 Å². The zero-order valence-electron chi connectivity index (χ0n) is 9.33. The molecule has 0 aromatic heterocycles. The molecular weight excluding hydrogens is 192 g/mol. The van der Waals surface area contributed by atoms with E-state index in [1.54, 1.807) is 0 Å². The van der Waals surface area contributed by atoms with Crippen molar-refractivity contribution in [3.8, 4) is 0 Å². The Morgan fingerprint density at radius 1 is 1.60 bits per heavy atom. The van der Waals surface area contributed by atoms with Gasteiger partial charge >= 0.3 is 6.03 Å². The van der Waals surface area contributed by atoms with Gasteiger partial charge in [-0.25, -0.2) is 4.79 Å². The molecule has 0 radical (unpaired) electrons. The van der Waals surface area contributed by atoms with Crippen LogP contribution < -0.4 is 5.32 Å². The third-order valence-corrected chi connectivity index (χ3v) is 3.47. The molecule has 1 heterocycles. The minimum atomic E-state index is -0.280. The standard InChI is InChI=1S/C11H20N2O2/c1-9-3-2-6-13(7-9)10(15)12-11(8-14)4-5-11/h9,14H,2-8H2,1H3,(H,12,15). The average Bonchev–Trinajstić information content (AvgIpc) is 2.98. The van der Waals surface area contributed by atoms with Crippen molar-refractivity contribution in [2.45, 2.75) is 38.1 Å². The van der Waals surface area contributed by atoms with E-state index in [0.29, 0.717) is 5.92 Å². The highest BCUT2D eigenvalue weighted by Gasteiger charge is 2.44. The first-order chi connectivity index (χ1) is 7.15. The number of nitrogens with one attached hydrogen (secondary N) is 1. The number of hydrogen-bond donors (Lipinski definition) is 2. The minimum Gasteiger partial charge on any atom is -0.394 e. The first-order valence-corrected chi connectivity index (χ1v) is 5.83. The second-order valence-corrected chi connectivity index (χ2v) is 5.06. The van der Waals surface area contributed by atoms with Gasteiger partial charge in [-0.05, 0) is 31.6 Å². The molecule has 2 aliphatic rings. The van der Waals surface area contributed by atoms with Gasteiger partial charge in [0.05, 0.1) is 12.1 Å². The summed E-state index contributed by atoms with van der Waals surface area (Å²) in [5, 5.41) is 12.1. The molecule has 1 saturated carbocycles. The highest BCUT2D eigenvalue weighted by atomic mass is 16.3. The molecule has 2 amide bonds. The van der Waals surface area contributed by atoms with Crippen LogP contribution in [0.2, 0.25) is 0 Å². The van der Waals surface area contributed by atoms with E-state index in [2.05, 4.69) is 12.2 Å². The molecule has 1 atom stereocenters. The van der Waals surface area contributed by atoms with Gasteiger partial charge in [-0.1, -0.05) is 6.92 Å². The van der Waals surface area contributed by atoms with Gasteiger partial charge in [0, 0.05) is 13.1 Å². The van der Waals surface area contributed by atoms with Crippen LogP contribution in [0.1, 0.15) is 32.6 Å². The van der Waals surface area contributed by atoms with Crippen LogP contribution in [0.15, 0.2) is 0 Å². The molecule has 1 saturated heterocycles. The molecular formula is C11H20N2O2. The Bertz CT molecular complexity index is 251. The molecule has 1 aliphatic heterocycles. The van der Waals surface area contributed by atoms with E-state index in [1.807, 2.05) is 4.90 Å². The number of hydrogen-bond acceptors (Lipinski definition) is 2. The number of carbonyl (C=O) groups is 1. The molecule has 0 aromatic rings. The van der Waals surface area contributed by atoms with E-state index in [4.69, 9.17) is 5.11 Å². The number of aliphatic hydroxyl groups excluding tert-OH is 1. The highest BCUT2D eigenvalue weighted by Crippen LogP contribution is 2.34. The van der Waals surface area contributed by atoms with E-state index in [0.717, 1.165) is 32.4 Å². The normalized spacial score (nSPS) is 28.7. The van der Waals surface area contributed by atoms with Gasteiger partial charge in [-0.15, -0.1) is 0 Å². The van der Waals surface area contributed by atoms with E-state index >= 15 is 0 Å². The van der Waals surface area contributed by atoms with Crippen LogP contribution in [0, 0.1) is 5.92 Å². The summed E-state index contributed by atoms with van der Waals surface area (Å²) in [7, 11) is 0. The molecule has 2 fully saturated rings. The zero-order chi connectivity index (χ0) is 10.9. The maximum atomic E-state index is 11.9. The lowest BCUT2D eigenvalue weighted by Gasteiger charge is -2.32. The summed E-state index contributed by atoms with van der Waals surface area (Å²) in [4.78, 5) is 13.7. The number of aliphatic hydroxyl groups is 1. The Kier molecular flexibility index (Phi) is 2.87. The van der Waals surface area contributed by atoms with Crippen LogP contribution in [-0.4, -0.2) is 41.3 Å². The maximum Gasteiger partial charge on any atom is 0.317 e. The topological polar surface area (TPSA) is 52.6 Å². The number of piperidine rings is 1. The predicted octanol–water partition coefficient (Wildman–Crippen LogP) is 0.953. The van der Waals surface area contributed by atoms with Crippen molar-refractivity contribution >= 4 is 6.03 Å². The average molecular weight is 212 g/mol. The summed E-state index contributed by atoms with van der Waals surface area (Å²) in [5.74, 6) is 0.605. The van der Waals surface area contributed by atoms with Crippen molar-refractivity contribution in [1.29, 1.82) is 0 Å². The molecule has 0 spiro atoms. The largest absolute Gasteiger partial charge is 0.394 e.